The number of halogens is 1. The van der Waals surface area contributed by atoms with Crippen molar-refractivity contribution in [1.29, 1.82) is 0 Å². The molecular formula is C27H27FN6O. The average Bonchev–Trinajstić information content (AvgIpc) is 3.45. The summed E-state index contributed by atoms with van der Waals surface area (Å²) in [6.07, 6.45) is 3.09. The van der Waals surface area contributed by atoms with Gasteiger partial charge in [0.05, 0.1) is 11.2 Å². The average molecular weight is 471 g/mol. The minimum Gasteiger partial charge on any atom is -0.366 e. The third-order valence-electron chi connectivity index (χ3n) is 7.19. The summed E-state index contributed by atoms with van der Waals surface area (Å²) in [5.74, 6) is 0.637. The van der Waals surface area contributed by atoms with Gasteiger partial charge in [-0.25, -0.2) is 9.37 Å². The molecule has 1 amide bonds. The molecule has 3 N–H and O–H groups in total. The fourth-order valence-electron chi connectivity index (χ4n) is 5.62. The van der Waals surface area contributed by atoms with Crippen LogP contribution in [0.4, 0.5) is 10.2 Å². The third-order valence-corrected chi connectivity index (χ3v) is 7.19. The second-order valence-electron chi connectivity index (χ2n) is 9.38. The van der Waals surface area contributed by atoms with E-state index in [4.69, 9.17) is 15.7 Å². The van der Waals surface area contributed by atoms with Crippen molar-refractivity contribution in [2.24, 2.45) is 5.73 Å². The van der Waals surface area contributed by atoms with Crippen molar-refractivity contribution >= 4 is 22.6 Å². The number of anilines is 1. The number of carbonyl (C=O) groups is 1. The van der Waals surface area contributed by atoms with E-state index in [1.165, 1.54) is 6.07 Å². The van der Waals surface area contributed by atoms with Gasteiger partial charge in [0.2, 0.25) is 11.9 Å². The van der Waals surface area contributed by atoms with Crippen LogP contribution in [0.25, 0.3) is 16.9 Å². The zero-order valence-corrected chi connectivity index (χ0v) is 19.6. The summed E-state index contributed by atoms with van der Waals surface area (Å²) in [7, 11) is 0. The van der Waals surface area contributed by atoms with Gasteiger partial charge >= 0.3 is 0 Å². The van der Waals surface area contributed by atoms with E-state index in [1.54, 1.807) is 18.2 Å². The Morgan fingerprint density at radius 2 is 2.03 bits per heavy atom. The van der Waals surface area contributed by atoms with Crippen LogP contribution in [0.15, 0.2) is 48.5 Å². The SMILES string of the molecule is Cc1cc2c(C(N)=O)cccc2n1-c1nc2c(c(NCc3cccc(F)c3)n1)C1CCCN1CC2. The van der Waals surface area contributed by atoms with Crippen LogP contribution in [0.3, 0.4) is 0 Å². The molecule has 7 nitrogen and oxygen atoms in total. The van der Waals surface area contributed by atoms with Gasteiger partial charge < -0.3 is 11.1 Å². The number of aryl methyl sites for hydroxylation is 1. The molecule has 4 aromatic rings. The number of fused-ring (bicyclic) bond motifs is 4. The van der Waals surface area contributed by atoms with Crippen molar-refractivity contribution in [3.8, 4) is 5.95 Å². The molecule has 4 heterocycles. The highest BCUT2D eigenvalue weighted by Crippen LogP contribution is 2.41. The number of benzene rings is 2. The molecule has 2 aromatic carbocycles. The van der Waals surface area contributed by atoms with Crippen molar-refractivity contribution in [2.45, 2.75) is 38.8 Å². The summed E-state index contributed by atoms with van der Waals surface area (Å²) < 4.78 is 15.8. The summed E-state index contributed by atoms with van der Waals surface area (Å²) in [5, 5.41) is 4.28. The Morgan fingerprint density at radius 1 is 1.17 bits per heavy atom. The molecule has 2 aliphatic rings. The molecule has 0 aliphatic carbocycles. The summed E-state index contributed by atoms with van der Waals surface area (Å²) in [5.41, 5.74) is 10.9. The molecule has 0 radical (unpaired) electrons. The fourth-order valence-corrected chi connectivity index (χ4v) is 5.62. The molecule has 8 heteroatoms. The Labute approximate surface area is 202 Å². The van der Waals surface area contributed by atoms with Crippen molar-refractivity contribution in [2.75, 3.05) is 18.4 Å². The normalized spacial score (nSPS) is 17.4. The second-order valence-corrected chi connectivity index (χ2v) is 9.38. The summed E-state index contributed by atoms with van der Waals surface area (Å²) >= 11 is 0. The first kappa shape index (κ1) is 21.7. The molecule has 1 atom stereocenters. The van der Waals surface area contributed by atoms with Crippen molar-refractivity contribution < 1.29 is 9.18 Å². The fraction of sp³-hybridized carbons (Fsp3) is 0.296. The Kier molecular flexibility index (Phi) is 5.25. The number of hydrogen-bond donors (Lipinski definition) is 2. The largest absolute Gasteiger partial charge is 0.366 e. The predicted octanol–water partition coefficient (Wildman–Crippen LogP) is 4.27. The van der Waals surface area contributed by atoms with Crippen LogP contribution >= 0.6 is 0 Å². The standard InChI is InChI=1S/C27H27FN6O/c1-16-13-20-19(25(29)35)7-3-8-22(20)34(16)27-31-21-10-12-33-11-4-9-23(33)24(21)26(32-27)30-15-17-5-2-6-18(28)14-17/h2-3,5-8,13-14,23H,4,9-12,15H2,1H3,(H2,29,35)(H,30,31,32). The molecule has 0 saturated carbocycles. The predicted molar refractivity (Wildman–Crippen MR) is 133 cm³/mol. The zero-order valence-electron chi connectivity index (χ0n) is 19.6. The second kappa shape index (κ2) is 8.46. The molecule has 2 aliphatic heterocycles. The lowest BCUT2D eigenvalue weighted by atomic mass is 9.97. The van der Waals surface area contributed by atoms with E-state index in [0.717, 1.165) is 71.6 Å². The van der Waals surface area contributed by atoms with Gasteiger partial charge in [0.15, 0.2) is 0 Å². The van der Waals surface area contributed by atoms with Crippen LogP contribution in [-0.2, 0) is 13.0 Å². The maximum absolute atomic E-state index is 13.8. The van der Waals surface area contributed by atoms with Crippen LogP contribution in [0, 0.1) is 12.7 Å². The smallest absolute Gasteiger partial charge is 0.249 e. The molecule has 1 fully saturated rings. The molecule has 0 spiro atoms. The van der Waals surface area contributed by atoms with Gasteiger partial charge in [-0.05, 0) is 62.2 Å². The minimum atomic E-state index is -0.460. The Bertz CT molecular complexity index is 1460. The number of nitrogens with zero attached hydrogens (tertiary/aromatic N) is 4. The van der Waals surface area contributed by atoms with E-state index in [-0.39, 0.29) is 5.82 Å². The van der Waals surface area contributed by atoms with Gasteiger partial charge in [0, 0.05) is 47.8 Å². The van der Waals surface area contributed by atoms with E-state index in [9.17, 15) is 9.18 Å². The van der Waals surface area contributed by atoms with Crippen molar-refractivity contribution in [3.05, 3.63) is 82.4 Å². The van der Waals surface area contributed by atoms with Gasteiger partial charge in [-0.2, -0.15) is 4.98 Å². The van der Waals surface area contributed by atoms with Gasteiger partial charge in [-0.1, -0.05) is 18.2 Å². The van der Waals surface area contributed by atoms with Gasteiger partial charge in [-0.3, -0.25) is 14.3 Å². The monoisotopic (exact) mass is 470 g/mol. The highest BCUT2D eigenvalue weighted by atomic mass is 19.1. The Hall–Kier alpha value is -3.78. The lowest BCUT2D eigenvalue weighted by molar-refractivity contribution is 0.100. The van der Waals surface area contributed by atoms with Crippen LogP contribution in [-0.4, -0.2) is 38.4 Å². The first-order valence-electron chi connectivity index (χ1n) is 12.0. The van der Waals surface area contributed by atoms with E-state index < -0.39 is 5.91 Å². The van der Waals surface area contributed by atoms with Gasteiger partial charge in [-0.15, -0.1) is 0 Å². The molecule has 0 bridgehead atoms. The van der Waals surface area contributed by atoms with Crippen molar-refractivity contribution in [1.82, 2.24) is 19.4 Å². The van der Waals surface area contributed by atoms with Crippen LogP contribution in [0.5, 0.6) is 0 Å². The molecule has 1 unspecified atom stereocenters. The quantitative estimate of drug-likeness (QED) is 0.455. The van der Waals surface area contributed by atoms with Gasteiger partial charge in [0.1, 0.15) is 11.6 Å². The minimum absolute atomic E-state index is 0.253. The van der Waals surface area contributed by atoms with E-state index >= 15 is 0 Å². The molecule has 2 aromatic heterocycles. The molecule has 35 heavy (non-hydrogen) atoms. The first-order chi connectivity index (χ1) is 17.0. The van der Waals surface area contributed by atoms with Crippen molar-refractivity contribution in [3.63, 3.8) is 0 Å². The number of carbonyl (C=O) groups excluding carboxylic acids is 1. The molecule has 178 valence electrons. The molecule has 1 saturated heterocycles. The number of primary amides is 1. The lowest BCUT2D eigenvalue weighted by Crippen LogP contribution is -2.33. The van der Waals surface area contributed by atoms with Crippen LogP contribution in [0.1, 0.15) is 51.8 Å². The van der Waals surface area contributed by atoms with E-state index in [0.29, 0.717) is 24.1 Å². The maximum atomic E-state index is 13.8. The molecular weight excluding hydrogens is 443 g/mol. The number of rotatable bonds is 5. The number of hydrogen-bond acceptors (Lipinski definition) is 5. The highest BCUT2D eigenvalue weighted by Gasteiger charge is 2.35. The molecule has 6 rings (SSSR count). The van der Waals surface area contributed by atoms with Crippen LogP contribution in [0.2, 0.25) is 0 Å². The lowest BCUT2D eigenvalue weighted by Gasteiger charge is -2.32. The number of aromatic nitrogens is 3. The summed E-state index contributed by atoms with van der Waals surface area (Å²) in [6, 6.07) is 14.4. The summed E-state index contributed by atoms with van der Waals surface area (Å²) in [4.78, 5) is 24.6. The highest BCUT2D eigenvalue weighted by molar-refractivity contribution is 6.06. The number of nitrogens with one attached hydrogen (secondary N) is 1. The third kappa shape index (κ3) is 3.74. The topological polar surface area (TPSA) is 89.1 Å². The Morgan fingerprint density at radius 3 is 2.86 bits per heavy atom. The first-order valence-corrected chi connectivity index (χ1v) is 12.0. The maximum Gasteiger partial charge on any atom is 0.249 e. The number of nitrogens with two attached hydrogens (primary N) is 1. The zero-order chi connectivity index (χ0) is 24.1. The van der Waals surface area contributed by atoms with Crippen LogP contribution < -0.4 is 11.1 Å². The van der Waals surface area contributed by atoms with Gasteiger partial charge in [0.25, 0.3) is 0 Å². The summed E-state index contributed by atoms with van der Waals surface area (Å²) in [6.45, 7) is 4.51. The van der Waals surface area contributed by atoms with E-state index in [2.05, 4.69) is 10.2 Å². The van der Waals surface area contributed by atoms with E-state index in [1.807, 2.05) is 35.8 Å². The number of amides is 1. The Balaban J connectivity index is 1.49.